The van der Waals surface area contributed by atoms with E-state index in [9.17, 15) is 0 Å². The molecule has 1 unspecified atom stereocenters. The predicted octanol–water partition coefficient (Wildman–Crippen LogP) is 4.28. The van der Waals surface area contributed by atoms with Gasteiger partial charge in [-0.1, -0.05) is 48.0 Å². The maximum atomic E-state index is 5.51. The van der Waals surface area contributed by atoms with Crippen LogP contribution in [0, 0.1) is 6.92 Å². The number of rotatable bonds is 5. The van der Waals surface area contributed by atoms with Gasteiger partial charge in [0.05, 0.1) is 13.2 Å². The number of nitrogens with zero attached hydrogens (tertiary/aromatic N) is 4. The summed E-state index contributed by atoms with van der Waals surface area (Å²) in [5.74, 6) is 2.32. The number of methoxy groups -OCH3 is 1. The van der Waals surface area contributed by atoms with Crippen molar-refractivity contribution < 1.29 is 4.74 Å². The van der Waals surface area contributed by atoms with E-state index in [0.717, 1.165) is 28.5 Å². The smallest absolute Gasteiger partial charge is 0.185 e. The Morgan fingerprint density at radius 1 is 1.00 bits per heavy atom. The molecule has 2 aromatic carbocycles. The van der Waals surface area contributed by atoms with Crippen molar-refractivity contribution in [1.82, 2.24) is 19.8 Å². The van der Waals surface area contributed by atoms with Crippen molar-refractivity contribution >= 4 is 11.5 Å². The maximum absolute atomic E-state index is 5.51. The van der Waals surface area contributed by atoms with Gasteiger partial charge in [0, 0.05) is 11.1 Å². The zero-order chi connectivity index (χ0) is 18.8. The first-order valence-electron chi connectivity index (χ1n) is 8.84. The van der Waals surface area contributed by atoms with E-state index >= 15 is 0 Å². The molecule has 0 fully saturated rings. The molecule has 6 nitrogen and oxygen atoms in total. The highest BCUT2D eigenvalue weighted by molar-refractivity contribution is 5.59. The standard InChI is InChI=1S/C21H21N5O/c1-14-9-10-18(27-3)17(13-14)15(2)22-19-11-12-20-23-24-21(26(20)25-19)16-7-5-4-6-8-16/h4-13,15H,1-3H3,(H,22,25). The molecule has 0 aliphatic heterocycles. The van der Waals surface area contributed by atoms with Crippen LogP contribution < -0.4 is 10.1 Å². The highest BCUT2D eigenvalue weighted by Crippen LogP contribution is 2.28. The molecule has 0 spiro atoms. The molecule has 2 aromatic heterocycles. The van der Waals surface area contributed by atoms with Crippen molar-refractivity contribution in [1.29, 1.82) is 0 Å². The van der Waals surface area contributed by atoms with E-state index in [1.807, 2.05) is 54.6 Å². The summed E-state index contributed by atoms with van der Waals surface area (Å²) in [6.07, 6.45) is 0. The van der Waals surface area contributed by atoms with Gasteiger partial charge in [0.15, 0.2) is 11.5 Å². The van der Waals surface area contributed by atoms with Gasteiger partial charge in [-0.3, -0.25) is 0 Å². The van der Waals surface area contributed by atoms with Crippen molar-refractivity contribution in [3.8, 4) is 17.1 Å². The molecule has 136 valence electrons. The Morgan fingerprint density at radius 2 is 1.81 bits per heavy atom. The molecule has 2 heterocycles. The first-order valence-corrected chi connectivity index (χ1v) is 8.84. The number of aryl methyl sites for hydroxylation is 1. The Morgan fingerprint density at radius 3 is 2.59 bits per heavy atom. The van der Waals surface area contributed by atoms with Crippen LogP contribution in [0.1, 0.15) is 24.1 Å². The van der Waals surface area contributed by atoms with Crippen LogP contribution in [0.4, 0.5) is 5.82 Å². The lowest BCUT2D eigenvalue weighted by Crippen LogP contribution is -2.11. The van der Waals surface area contributed by atoms with Crippen LogP contribution in [0.5, 0.6) is 5.75 Å². The third kappa shape index (κ3) is 3.33. The van der Waals surface area contributed by atoms with Gasteiger partial charge in [0.1, 0.15) is 11.6 Å². The second-order valence-electron chi connectivity index (χ2n) is 6.49. The molecule has 6 heteroatoms. The number of aromatic nitrogens is 4. The van der Waals surface area contributed by atoms with Gasteiger partial charge in [-0.05, 0) is 32.0 Å². The molecular weight excluding hydrogens is 338 g/mol. The molecular formula is C21H21N5O. The summed E-state index contributed by atoms with van der Waals surface area (Å²) in [4.78, 5) is 0. The normalized spacial score (nSPS) is 12.1. The first kappa shape index (κ1) is 17.0. The fraction of sp³-hybridized carbons (Fsp3) is 0.190. The molecule has 1 N–H and O–H groups in total. The van der Waals surface area contributed by atoms with Crippen molar-refractivity contribution in [2.24, 2.45) is 0 Å². The van der Waals surface area contributed by atoms with E-state index in [0.29, 0.717) is 5.65 Å². The molecule has 4 aromatic rings. The SMILES string of the molecule is COc1ccc(C)cc1C(C)Nc1ccc2nnc(-c3ccccc3)n2n1. The number of fused-ring (bicyclic) bond motifs is 1. The number of hydrogen-bond acceptors (Lipinski definition) is 5. The molecule has 0 radical (unpaired) electrons. The largest absolute Gasteiger partial charge is 0.496 e. The van der Waals surface area contributed by atoms with E-state index in [2.05, 4.69) is 35.4 Å². The Labute approximate surface area is 157 Å². The molecule has 0 aliphatic carbocycles. The molecule has 0 aliphatic rings. The number of nitrogens with one attached hydrogen (secondary N) is 1. The van der Waals surface area contributed by atoms with Gasteiger partial charge in [0.2, 0.25) is 0 Å². The van der Waals surface area contributed by atoms with Crippen molar-refractivity contribution in [2.45, 2.75) is 19.9 Å². The van der Waals surface area contributed by atoms with Gasteiger partial charge < -0.3 is 10.1 Å². The lowest BCUT2D eigenvalue weighted by Gasteiger charge is -2.18. The predicted molar refractivity (Wildman–Crippen MR) is 106 cm³/mol. The summed E-state index contributed by atoms with van der Waals surface area (Å²) in [5.41, 5.74) is 3.96. The third-order valence-corrected chi connectivity index (χ3v) is 4.51. The lowest BCUT2D eigenvalue weighted by molar-refractivity contribution is 0.407. The fourth-order valence-corrected chi connectivity index (χ4v) is 3.12. The molecule has 1 atom stereocenters. The minimum Gasteiger partial charge on any atom is -0.496 e. The van der Waals surface area contributed by atoms with Gasteiger partial charge in [-0.2, -0.15) is 4.52 Å². The van der Waals surface area contributed by atoms with Crippen LogP contribution in [0.2, 0.25) is 0 Å². The molecule has 0 saturated heterocycles. The summed E-state index contributed by atoms with van der Waals surface area (Å²) in [5, 5.41) is 16.6. The summed E-state index contributed by atoms with van der Waals surface area (Å²) < 4.78 is 7.27. The Kier molecular flexibility index (Phi) is 4.46. The van der Waals surface area contributed by atoms with E-state index in [1.54, 1.807) is 11.6 Å². The summed E-state index contributed by atoms with van der Waals surface area (Å²) >= 11 is 0. The summed E-state index contributed by atoms with van der Waals surface area (Å²) in [6.45, 7) is 4.16. The average molecular weight is 359 g/mol. The van der Waals surface area contributed by atoms with Crippen LogP contribution in [-0.2, 0) is 0 Å². The average Bonchev–Trinajstić information content (AvgIpc) is 3.12. The minimum absolute atomic E-state index is 0.0291. The molecule has 27 heavy (non-hydrogen) atoms. The first-order chi connectivity index (χ1) is 13.2. The van der Waals surface area contributed by atoms with E-state index in [1.165, 1.54) is 5.56 Å². The van der Waals surface area contributed by atoms with Crippen molar-refractivity contribution in [2.75, 3.05) is 12.4 Å². The molecule has 0 saturated carbocycles. The number of ether oxygens (including phenoxy) is 1. The monoisotopic (exact) mass is 359 g/mol. The van der Waals surface area contributed by atoms with Crippen LogP contribution in [0.15, 0.2) is 60.7 Å². The quantitative estimate of drug-likeness (QED) is 0.576. The van der Waals surface area contributed by atoms with Crippen molar-refractivity contribution in [3.05, 3.63) is 71.8 Å². The maximum Gasteiger partial charge on any atom is 0.185 e. The van der Waals surface area contributed by atoms with E-state index < -0.39 is 0 Å². The molecule has 0 bridgehead atoms. The summed E-state index contributed by atoms with van der Waals surface area (Å²) in [6, 6.07) is 19.9. The van der Waals surface area contributed by atoms with Crippen LogP contribution >= 0.6 is 0 Å². The topological polar surface area (TPSA) is 64.3 Å². The zero-order valence-corrected chi connectivity index (χ0v) is 15.5. The highest BCUT2D eigenvalue weighted by Gasteiger charge is 2.14. The zero-order valence-electron chi connectivity index (χ0n) is 15.5. The van der Waals surface area contributed by atoms with E-state index in [-0.39, 0.29) is 6.04 Å². The van der Waals surface area contributed by atoms with Gasteiger partial charge in [-0.25, -0.2) is 0 Å². The van der Waals surface area contributed by atoms with Crippen LogP contribution in [0.3, 0.4) is 0 Å². The Bertz CT molecular complexity index is 1070. The number of hydrogen-bond donors (Lipinski definition) is 1. The Hall–Kier alpha value is -3.41. The second-order valence-corrected chi connectivity index (χ2v) is 6.49. The van der Waals surface area contributed by atoms with Crippen LogP contribution in [0.25, 0.3) is 17.0 Å². The Balaban J connectivity index is 1.68. The lowest BCUT2D eigenvalue weighted by atomic mass is 10.0. The molecule has 4 rings (SSSR count). The highest BCUT2D eigenvalue weighted by atomic mass is 16.5. The van der Waals surface area contributed by atoms with Crippen molar-refractivity contribution in [3.63, 3.8) is 0 Å². The fourth-order valence-electron chi connectivity index (χ4n) is 3.12. The number of anilines is 1. The second kappa shape index (κ2) is 7.07. The van der Waals surface area contributed by atoms with Gasteiger partial charge in [0.25, 0.3) is 0 Å². The third-order valence-electron chi connectivity index (χ3n) is 4.51. The molecule has 0 amide bonds. The van der Waals surface area contributed by atoms with Crippen LogP contribution in [-0.4, -0.2) is 26.9 Å². The van der Waals surface area contributed by atoms with Gasteiger partial charge in [-0.15, -0.1) is 15.3 Å². The van der Waals surface area contributed by atoms with E-state index in [4.69, 9.17) is 9.84 Å². The number of benzene rings is 2. The summed E-state index contributed by atoms with van der Waals surface area (Å²) in [7, 11) is 1.69. The van der Waals surface area contributed by atoms with Gasteiger partial charge >= 0.3 is 0 Å². The minimum atomic E-state index is 0.0291.